The van der Waals surface area contributed by atoms with Crippen LogP contribution < -0.4 is 4.72 Å². The van der Waals surface area contributed by atoms with Crippen LogP contribution in [0.5, 0.6) is 0 Å². The summed E-state index contributed by atoms with van der Waals surface area (Å²) in [5, 5.41) is 8.69. The highest BCUT2D eigenvalue weighted by molar-refractivity contribution is 7.89. The van der Waals surface area contributed by atoms with Gasteiger partial charge >= 0.3 is 0 Å². The summed E-state index contributed by atoms with van der Waals surface area (Å²) in [7, 11) is -3.71. The Kier molecular flexibility index (Phi) is 7.37. The molecule has 0 aliphatic carbocycles. The van der Waals surface area contributed by atoms with Gasteiger partial charge in [0.15, 0.2) is 0 Å². The highest BCUT2D eigenvalue weighted by Gasteiger charge is 2.17. The van der Waals surface area contributed by atoms with Crippen LogP contribution in [-0.2, 0) is 10.0 Å². The van der Waals surface area contributed by atoms with Crippen molar-refractivity contribution in [3.05, 3.63) is 29.6 Å². The van der Waals surface area contributed by atoms with Crippen molar-refractivity contribution in [2.24, 2.45) is 0 Å². The van der Waals surface area contributed by atoms with Gasteiger partial charge in [0.2, 0.25) is 10.0 Å². The second-order valence-corrected chi connectivity index (χ2v) is 6.26. The lowest BCUT2D eigenvalue weighted by Crippen LogP contribution is -2.25. The molecule has 1 aromatic rings. The van der Waals surface area contributed by atoms with Gasteiger partial charge in [-0.2, -0.15) is 0 Å². The molecule has 1 rings (SSSR count). The first-order chi connectivity index (χ1) is 10.0. The van der Waals surface area contributed by atoms with E-state index in [1.54, 1.807) is 0 Å². The highest BCUT2D eigenvalue weighted by Crippen LogP contribution is 2.16. The zero-order valence-electron chi connectivity index (χ0n) is 12.0. The molecule has 1 aromatic carbocycles. The van der Waals surface area contributed by atoms with Crippen LogP contribution >= 0.6 is 0 Å². The monoisotopic (exact) mass is 313 g/mol. The lowest BCUT2D eigenvalue weighted by atomic mass is 10.2. The minimum Gasteiger partial charge on any atom is -0.395 e. The van der Waals surface area contributed by atoms with Gasteiger partial charge in [0.1, 0.15) is 5.82 Å². The van der Waals surface area contributed by atoms with Crippen molar-refractivity contribution in [3.8, 4) is 11.8 Å². The average Bonchev–Trinajstić information content (AvgIpc) is 2.44. The molecule has 0 bridgehead atoms. The topological polar surface area (TPSA) is 66.4 Å². The predicted octanol–water partition coefficient (Wildman–Crippen LogP) is 2.03. The van der Waals surface area contributed by atoms with Crippen LogP contribution in [0.3, 0.4) is 0 Å². The molecule has 0 radical (unpaired) electrons. The van der Waals surface area contributed by atoms with Crippen molar-refractivity contribution in [2.45, 2.75) is 37.5 Å². The van der Waals surface area contributed by atoms with E-state index in [-0.39, 0.29) is 23.5 Å². The third-order valence-electron chi connectivity index (χ3n) is 2.76. The lowest BCUT2D eigenvalue weighted by molar-refractivity contribution is 0.305. The molecule has 116 valence electrons. The summed E-state index contributed by atoms with van der Waals surface area (Å²) in [5.74, 6) is 4.65. The Morgan fingerprint density at radius 3 is 2.76 bits per heavy atom. The molecule has 0 atom stereocenters. The molecule has 21 heavy (non-hydrogen) atoms. The van der Waals surface area contributed by atoms with E-state index in [2.05, 4.69) is 16.6 Å². The van der Waals surface area contributed by atoms with E-state index in [4.69, 9.17) is 5.11 Å². The molecule has 0 aliphatic rings. The van der Waals surface area contributed by atoms with Crippen molar-refractivity contribution in [3.63, 3.8) is 0 Å². The Morgan fingerprint density at radius 2 is 2.10 bits per heavy atom. The maximum atomic E-state index is 13.3. The molecule has 0 spiro atoms. The molecule has 0 saturated carbocycles. The van der Waals surface area contributed by atoms with Gasteiger partial charge < -0.3 is 5.11 Å². The van der Waals surface area contributed by atoms with E-state index >= 15 is 0 Å². The number of rotatable bonds is 7. The highest BCUT2D eigenvalue weighted by atomic mass is 32.2. The molecule has 0 amide bonds. The molecule has 0 aromatic heterocycles. The molecule has 4 nitrogen and oxygen atoms in total. The molecule has 2 N–H and O–H groups in total. The molecular formula is C15H20FNO3S. The summed E-state index contributed by atoms with van der Waals surface area (Å²) in [6.45, 7) is 2.25. The first-order valence-corrected chi connectivity index (χ1v) is 8.38. The summed E-state index contributed by atoms with van der Waals surface area (Å²) in [6.07, 6.45) is 2.90. The minimum atomic E-state index is -3.71. The standard InChI is InChI=1S/C15H20FNO3S/c1-2-3-5-10-17-21(19,20)15-9-8-14(16)12-13(15)7-4-6-11-18/h8-9,12,17-18H,2-3,5-6,10-11H2,1H3. The van der Waals surface area contributed by atoms with Crippen molar-refractivity contribution >= 4 is 10.0 Å². The number of benzene rings is 1. The number of hydrogen-bond donors (Lipinski definition) is 2. The van der Waals surface area contributed by atoms with Gasteiger partial charge in [-0.25, -0.2) is 17.5 Å². The summed E-state index contributed by atoms with van der Waals surface area (Å²) in [4.78, 5) is -0.0363. The zero-order chi connectivity index (χ0) is 15.7. The van der Waals surface area contributed by atoms with E-state index in [1.807, 2.05) is 6.92 Å². The molecule has 0 aliphatic heterocycles. The van der Waals surface area contributed by atoms with E-state index in [1.165, 1.54) is 6.07 Å². The van der Waals surface area contributed by atoms with Gasteiger partial charge in [0.05, 0.1) is 11.5 Å². The fourth-order valence-electron chi connectivity index (χ4n) is 1.71. The molecule has 6 heteroatoms. The quantitative estimate of drug-likeness (QED) is 0.598. The number of hydrogen-bond acceptors (Lipinski definition) is 3. The van der Waals surface area contributed by atoms with Gasteiger partial charge in [-0.1, -0.05) is 31.6 Å². The zero-order valence-corrected chi connectivity index (χ0v) is 12.8. The van der Waals surface area contributed by atoms with Crippen molar-refractivity contribution in [1.29, 1.82) is 0 Å². The minimum absolute atomic E-state index is 0.0363. The lowest BCUT2D eigenvalue weighted by Gasteiger charge is -2.08. The van der Waals surface area contributed by atoms with Crippen LogP contribution in [-0.4, -0.2) is 26.7 Å². The van der Waals surface area contributed by atoms with Crippen LogP contribution in [0.1, 0.15) is 38.2 Å². The SMILES string of the molecule is CCCCCNS(=O)(=O)c1ccc(F)cc1C#CCCO. The molecule has 0 saturated heterocycles. The predicted molar refractivity (Wildman–Crippen MR) is 79.7 cm³/mol. The number of halogens is 1. The number of aliphatic hydroxyl groups is 1. The summed E-state index contributed by atoms with van der Waals surface area (Å²) >= 11 is 0. The first kappa shape index (κ1) is 17.6. The molecule has 0 unspecified atom stereocenters. The Hall–Kier alpha value is -1.42. The van der Waals surface area contributed by atoms with E-state index in [0.29, 0.717) is 6.54 Å². The first-order valence-electron chi connectivity index (χ1n) is 6.90. The fourth-order valence-corrected chi connectivity index (χ4v) is 2.92. The normalized spacial score (nSPS) is 11.0. The fraction of sp³-hybridized carbons (Fsp3) is 0.467. The second-order valence-electron chi connectivity index (χ2n) is 4.52. The maximum Gasteiger partial charge on any atom is 0.241 e. The number of sulfonamides is 1. The second kappa shape index (κ2) is 8.78. The summed E-state index contributed by atoms with van der Waals surface area (Å²) in [6, 6.07) is 3.39. The van der Waals surface area contributed by atoms with Crippen LogP contribution in [0.4, 0.5) is 4.39 Å². The summed E-state index contributed by atoms with van der Waals surface area (Å²) < 4.78 is 40.2. The Balaban J connectivity index is 2.97. The Labute approximate surface area is 125 Å². The van der Waals surface area contributed by atoms with Gasteiger partial charge in [-0.05, 0) is 24.6 Å². The van der Waals surface area contributed by atoms with Crippen molar-refractivity contribution < 1.29 is 17.9 Å². The number of aliphatic hydroxyl groups excluding tert-OH is 1. The third kappa shape index (κ3) is 5.84. The van der Waals surface area contributed by atoms with Gasteiger partial charge in [-0.3, -0.25) is 0 Å². The van der Waals surface area contributed by atoms with Crippen LogP contribution in [0.25, 0.3) is 0 Å². The molecule has 0 heterocycles. The number of nitrogens with one attached hydrogen (secondary N) is 1. The van der Waals surface area contributed by atoms with E-state index < -0.39 is 15.8 Å². The smallest absolute Gasteiger partial charge is 0.241 e. The van der Waals surface area contributed by atoms with E-state index in [0.717, 1.165) is 31.4 Å². The van der Waals surface area contributed by atoms with E-state index in [9.17, 15) is 12.8 Å². The van der Waals surface area contributed by atoms with Gasteiger partial charge in [-0.15, -0.1) is 0 Å². The molecule has 0 fully saturated rings. The average molecular weight is 313 g/mol. The van der Waals surface area contributed by atoms with Crippen LogP contribution in [0.2, 0.25) is 0 Å². The number of unbranched alkanes of at least 4 members (excludes halogenated alkanes) is 2. The van der Waals surface area contributed by atoms with Gasteiger partial charge in [0.25, 0.3) is 0 Å². The van der Waals surface area contributed by atoms with Crippen LogP contribution in [0.15, 0.2) is 23.1 Å². The maximum absolute atomic E-state index is 13.3. The summed E-state index contributed by atoms with van der Waals surface area (Å²) in [5.41, 5.74) is 0.103. The van der Waals surface area contributed by atoms with Gasteiger partial charge in [0, 0.05) is 18.5 Å². The van der Waals surface area contributed by atoms with Crippen molar-refractivity contribution in [1.82, 2.24) is 4.72 Å². The van der Waals surface area contributed by atoms with Crippen molar-refractivity contribution in [2.75, 3.05) is 13.2 Å². The Morgan fingerprint density at radius 1 is 1.33 bits per heavy atom. The molecular weight excluding hydrogens is 293 g/mol. The largest absolute Gasteiger partial charge is 0.395 e. The van der Waals surface area contributed by atoms with Crippen LogP contribution in [0, 0.1) is 17.7 Å². The third-order valence-corrected chi connectivity index (χ3v) is 4.28. The Bertz CT molecular complexity index is 618.